The number of rotatable bonds is 5. The van der Waals surface area contributed by atoms with Crippen LogP contribution in [0, 0.1) is 17.2 Å². The smallest absolute Gasteiger partial charge is 0.237 e. The molecule has 1 N–H and O–H groups in total. The third kappa shape index (κ3) is 4.41. The molecule has 1 aromatic rings. The van der Waals surface area contributed by atoms with E-state index in [4.69, 9.17) is 28.5 Å². The fourth-order valence-corrected chi connectivity index (χ4v) is 2.36. The molecule has 1 aromatic carbocycles. The van der Waals surface area contributed by atoms with E-state index in [2.05, 4.69) is 5.32 Å². The van der Waals surface area contributed by atoms with E-state index in [1.54, 1.807) is 18.2 Å². The number of nitriles is 1. The fraction of sp³-hybridized carbons (Fsp3) is 0.429. The number of amides is 1. The minimum atomic E-state index is -0.612. The number of benzene rings is 1. The highest BCUT2D eigenvalue weighted by atomic mass is 35.5. The van der Waals surface area contributed by atoms with Crippen molar-refractivity contribution in [1.82, 2.24) is 5.32 Å². The third-order valence-electron chi connectivity index (χ3n) is 2.84. The van der Waals surface area contributed by atoms with E-state index >= 15 is 0 Å². The minimum Gasteiger partial charge on any atom is -0.348 e. The first-order valence-electron chi connectivity index (χ1n) is 6.14. The molecule has 0 aliphatic rings. The number of hydrogen-bond acceptors (Lipinski definition) is 2. The van der Waals surface area contributed by atoms with Crippen molar-refractivity contribution in [3.05, 3.63) is 33.8 Å². The molecule has 0 saturated heterocycles. The zero-order chi connectivity index (χ0) is 14.4. The summed E-state index contributed by atoms with van der Waals surface area (Å²) in [5.41, 5.74) is 0.785. The Kier molecular flexibility index (Phi) is 6.14. The van der Waals surface area contributed by atoms with Crippen molar-refractivity contribution in [3.63, 3.8) is 0 Å². The van der Waals surface area contributed by atoms with Gasteiger partial charge < -0.3 is 5.32 Å². The first-order valence-corrected chi connectivity index (χ1v) is 6.90. The van der Waals surface area contributed by atoms with E-state index in [0.717, 1.165) is 12.0 Å². The average molecular weight is 299 g/mol. The monoisotopic (exact) mass is 298 g/mol. The SMILES string of the molecule is CCCC(C#N)C(=O)NC(C)c1ccc(Cl)cc1Cl. The lowest BCUT2D eigenvalue weighted by molar-refractivity contribution is -0.124. The Morgan fingerprint density at radius 1 is 1.47 bits per heavy atom. The van der Waals surface area contributed by atoms with Crippen LogP contribution in [0.1, 0.15) is 38.3 Å². The standard InChI is InChI=1S/C14H16Cl2N2O/c1-3-4-10(8-17)14(19)18-9(2)12-6-5-11(15)7-13(12)16/h5-7,9-10H,3-4H2,1-2H3,(H,18,19). The molecule has 2 unspecified atom stereocenters. The maximum Gasteiger partial charge on any atom is 0.237 e. The van der Waals surface area contributed by atoms with Gasteiger partial charge in [-0.25, -0.2) is 0 Å². The Hall–Kier alpha value is -1.24. The zero-order valence-electron chi connectivity index (χ0n) is 10.9. The van der Waals surface area contributed by atoms with Gasteiger partial charge in [0.2, 0.25) is 5.91 Å². The first-order chi connectivity index (χ1) is 8.99. The Morgan fingerprint density at radius 3 is 2.68 bits per heavy atom. The second-order valence-electron chi connectivity index (χ2n) is 4.37. The van der Waals surface area contributed by atoms with Gasteiger partial charge in [-0.2, -0.15) is 5.26 Å². The van der Waals surface area contributed by atoms with Crippen molar-refractivity contribution >= 4 is 29.1 Å². The average Bonchev–Trinajstić information content (AvgIpc) is 2.35. The topological polar surface area (TPSA) is 52.9 Å². The molecule has 0 aliphatic carbocycles. The van der Waals surface area contributed by atoms with Gasteiger partial charge in [0.05, 0.1) is 12.1 Å². The second-order valence-corrected chi connectivity index (χ2v) is 5.21. The van der Waals surface area contributed by atoms with Gasteiger partial charge in [0.1, 0.15) is 5.92 Å². The van der Waals surface area contributed by atoms with Gasteiger partial charge in [-0.15, -0.1) is 0 Å². The van der Waals surface area contributed by atoms with E-state index < -0.39 is 5.92 Å². The molecule has 0 spiro atoms. The lowest BCUT2D eigenvalue weighted by Gasteiger charge is -2.17. The molecule has 19 heavy (non-hydrogen) atoms. The molecule has 0 aromatic heterocycles. The normalized spacial score (nSPS) is 13.4. The molecule has 0 saturated carbocycles. The highest BCUT2D eigenvalue weighted by Gasteiger charge is 2.20. The molecule has 1 amide bonds. The molecule has 2 atom stereocenters. The summed E-state index contributed by atoms with van der Waals surface area (Å²) >= 11 is 11.9. The van der Waals surface area contributed by atoms with Crippen molar-refractivity contribution in [1.29, 1.82) is 5.26 Å². The maximum absolute atomic E-state index is 11.9. The maximum atomic E-state index is 11.9. The molecule has 0 bridgehead atoms. The van der Waals surface area contributed by atoms with E-state index in [-0.39, 0.29) is 11.9 Å². The predicted molar refractivity (Wildman–Crippen MR) is 77.0 cm³/mol. The molecular formula is C14H16Cl2N2O. The first kappa shape index (κ1) is 15.8. The summed E-state index contributed by atoms with van der Waals surface area (Å²) in [6.45, 7) is 3.77. The highest BCUT2D eigenvalue weighted by Crippen LogP contribution is 2.26. The summed E-state index contributed by atoms with van der Waals surface area (Å²) in [7, 11) is 0. The third-order valence-corrected chi connectivity index (χ3v) is 3.40. The number of nitrogens with zero attached hydrogens (tertiary/aromatic N) is 1. The number of nitrogens with one attached hydrogen (secondary N) is 1. The molecule has 3 nitrogen and oxygen atoms in total. The van der Waals surface area contributed by atoms with Crippen LogP contribution < -0.4 is 5.32 Å². The van der Waals surface area contributed by atoms with Crippen molar-refractivity contribution in [2.24, 2.45) is 5.92 Å². The quantitative estimate of drug-likeness (QED) is 0.889. The van der Waals surface area contributed by atoms with Crippen LogP contribution in [0.5, 0.6) is 0 Å². The Balaban J connectivity index is 2.76. The molecule has 0 heterocycles. The van der Waals surface area contributed by atoms with Gasteiger partial charge in [-0.1, -0.05) is 42.6 Å². The van der Waals surface area contributed by atoms with Gasteiger partial charge in [-0.05, 0) is 31.0 Å². The van der Waals surface area contributed by atoms with Crippen LogP contribution in [0.2, 0.25) is 10.0 Å². The predicted octanol–water partition coefficient (Wildman–Crippen LogP) is 4.11. The van der Waals surface area contributed by atoms with Gasteiger partial charge in [0.25, 0.3) is 0 Å². The van der Waals surface area contributed by atoms with Gasteiger partial charge in [0.15, 0.2) is 0 Å². The summed E-state index contributed by atoms with van der Waals surface area (Å²) in [6.07, 6.45) is 1.35. The lowest BCUT2D eigenvalue weighted by Crippen LogP contribution is -2.32. The Bertz CT molecular complexity index is 497. The largest absolute Gasteiger partial charge is 0.348 e. The van der Waals surface area contributed by atoms with Crippen LogP contribution in [0.4, 0.5) is 0 Å². The molecular weight excluding hydrogens is 283 g/mol. The van der Waals surface area contributed by atoms with Crippen LogP contribution in [0.3, 0.4) is 0 Å². The van der Waals surface area contributed by atoms with E-state index in [0.29, 0.717) is 16.5 Å². The second kappa shape index (κ2) is 7.37. The van der Waals surface area contributed by atoms with Crippen molar-refractivity contribution in [2.45, 2.75) is 32.7 Å². The number of carbonyl (C=O) groups excluding carboxylic acids is 1. The highest BCUT2D eigenvalue weighted by molar-refractivity contribution is 6.35. The Labute approximate surface area is 123 Å². The van der Waals surface area contributed by atoms with E-state index in [1.807, 2.05) is 19.9 Å². The van der Waals surface area contributed by atoms with Crippen LogP contribution >= 0.6 is 23.2 Å². The molecule has 5 heteroatoms. The molecule has 0 aliphatic heterocycles. The van der Waals surface area contributed by atoms with Crippen molar-refractivity contribution < 1.29 is 4.79 Å². The van der Waals surface area contributed by atoms with Crippen molar-refractivity contribution in [2.75, 3.05) is 0 Å². The van der Waals surface area contributed by atoms with Crippen LogP contribution in [0.25, 0.3) is 0 Å². The van der Waals surface area contributed by atoms with Crippen LogP contribution in [-0.4, -0.2) is 5.91 Å². The summed E-state index contributed by atoms with van der Waals surface area (Å²) in [5, 5.41) is 12.8. The van der Waals surface area contributed by atoms with E-state index in [1.165, 1.54) is 0 Å². The van der Waals surface area contributed by atoms with Crippen LogP contribution in [-0.2, 0) is 4.79 Å². The summed E-state index contributed by atoms with van der Waals surface area (Å²) < 4.78 is 0. The number of halogens is 2. The number of hydrogen-bond donors (Lipinski definition) is 1. The molecule has 0 fully saturated rings. The summed E-state index contributed by atoms with van der Waals surface area (Å²) in [5.74, 6) is -0.874. The minimum absolute atomic E-state index is 0.259. The van der Waals surface area contributed by atoms with Gasteiger partial charge >= 0.3 is 0 Å². The van der Waals surface area contributed by atoms with Gasteiger partial charge in [-0.3, -0.25) is 4.79 Å². The lowest BCUT2D eigenvalue weighted by atomic mass is 10.0. The number of carbonyl (C=O) groups is 1. The van der Waals surface area contributed by atoms with Gasteiger partial charge in [0, 0.05) is 10.0 Å². The Morgan fingerprint density at radius 2 is 2.16 bits per heavy atom. The van der Waals surface area contributed by atoms with E-state index in [9.17, 15) is 4.79 Å². The summed E-state index contributed by atoms with van der Waals surface area (Å²) in [6, 6.07) is 6.89. The van der Waals surface area contributed by atoms with Crippen LogP contribution in [0.15, 0.2) is 18.2 Å². The molecule has 102 valence electrons. The van der Waals surface area contributed by atoms with Crippen molar-refractivity contribution in [3.8, 4) is 6.07 Å². The zero-order valence-corrected chi connectivity index (χ0v) is 12.4. The molecule has 0 radical (unpaired) electrons. The fourth-order valence-electron chi connectivity index (χ4n) is 1.79. The summed E-state index contributed by atoms with van der Waals surface area (Å²) in [4.78, 5) is 11.9. The molecule has 1 rings (SSSR count).